The zero-order valence-corrected chi connectivity index (χ0v) is 24.4. The molecule has 0 unspecified atom stereocenters. The third kappa shape index (κ3) is 7.75. The maximum atomic E-state index is 13.0. The normalized spacial score (nSPS) is 14.6. The van der Waals surface area contributed by atoms with Crippen LogP contribution in [0.2, 0.25) is 0 Å². The summed E-state index contributed by atoms with van der Waals surface area (Å²) >= 11 is 1.06. The smallest absolute Gasteiger partial charge is 0.270 e. The van der Waals surface area contributed by atoms with Crippen LogP contribution in [0.15, 0.2) is 72.0 Å². The summed E-state index contributed by atoms with van der Waals surface area (Å²) < 4.78 is 7.82. The number of ether oxygens (including phenoxy) is 1. The molecule has 1 aliphatic heterocycles. The molecule has 0 saturated carbocycles. The maximum absolute atomic E-state index is 13.0. The Bertz CT molecular complexity index is 1630. The number of nitriles is 1. The van der Waals surface area contributed by atoms with Crippen LogP contribution in [0.25, 0.3) is 11.8 Å². The van der Waals surface area contributed by atoms with Gasteiger partial charge in [0.1, 0.15) is 21.0 Å². The summed E-state index contributed by atoms with van der Waals surface area (Å²) in [5.41, 5.74) is 1.48. The van der Waals surface area contributed by atoms with Gasteiger partial charge in [0, 0.05) is 63.8 Å². The van der Waals surface area contributed by atoms with Crippen LogP contribution in [-0.4, -0.2) is 65.5 Å². The molecule has 10 nitrogen and oxygen atoms in total. The molecule has 42 heavy (non-hydrogen) atoms. The third-order valence-electron chi connectivity index (χ3n) is 6.72. The first-order chi connectivity index (χ1) is 20.4. The van der Waals surface area contributed by atoms with Gasteiger partial charge in [-0.25, -0.2) is 0 Å². The molecule has 1 aromatic heterocycles. The molecular formula is C31H34N6O4S. The van der Waals surface area contributed by atoms with E-state index < -0.39 is 5.91 Å². The van der Waals surface area contributed by atoms with Gasteiger partial charge in [-0.15, -0.1) is 17.9 Å². The van der Waals surface area contributed by atoms with Gasteiger partial charge in [0.25, 0.3) is 17.4 Å². The van der Waals surface area contributed by atoms with Gasteiger partial charge < -0.3 is 20.3 Å². The van der Waals surface area contributed by atoms with E-state index in [1.807, 2.05) is 29.2 Å². The van der Waals surface area contributed by atoms with Crippen LogP contribution in [0.4, 0.5) is 5.69 Å². The van der Waals surface area contributed by atoms with Crippen LogP contribution in [0, 0.1) is 11.3 Å². The van der Waals surface area contributed by atoms with Crippen LogP contribution < -0.4 is 30.1 Å². The number of thiazole rings is 1. The molecule has 1 aliphatic rings. The van der Waals surface area contributed by atoms with Gasteiger partial charge in [0.05, 0.1) is 0 Å². The molecule has 0 atom stereocenters. The van der Waals surface area contributed by atoms with Gasteiger partial charge in [0.2, 0.25) is 0 Å². The topological polar surface area (TPSA) is 120 Å². The van der Waals surface area contributed by atoms with Crippen molar-refractivity contribution in [3.8, 4) is 11.8 Å². The molecule has 1 saturated heterocycles. The lowest BCUT2D eigenvalue weighted by atomic mass is 10.2. The van der Waals surface area contributed by atoms with Gasteiger partial charge in [-0.05, 0) is 24.6 Å². The molecule has 11 heteroatoms. The summed E-state index contributed by atoms with van der Waals surface area (Å²) in [6.45, 7) is 9.59. The van der Waals surface area contributed by atoms with Crippen molar-refractivity contribution in [1.29, 1.82) is 5.26 Å². The highest BCUT2D eigenvalue weighted by Gasteiger charge is 2.21. The Morgan fingerprint density at radius 2 is 1.88 bits per heavy atom. The van der Waals surface area contributed by atoms with Gasteiger partial charge >= 0.3 is 0 Å². The molecule has 2 aromatic carbocycles. The van der Waals surface area contributed by atoms with Gasteiger partial charge in [-0.1, -0.05) is 42.5 Å². The monoisotopic (exact) mass is 586 g/mol. The van der Waals surface area contributed by atoms with Crippen molar-refractivity contribution in [2.24, 2.45) is 0 Å². The minimum atomic E-state index is -0.561. The van der Waals surface area contributed by atoms with E-state index in [1.165, 1.54) is 16.2 Å². The lowest BCUT2D eigenvalue weighted by Gasteiger charge is -2.34. The van der Waals surface area contributed by atoms with E-state index in [2.05, 4.69) is 34.2 Å². The number of nitrogens with zero attached hydrogens (tertiary/aromatic N) is 4. The van der Waals surface area contributed by atoms with Crippen molar-refractivity contribution in [1.82, 2.24) is 19.7 Å². The second kappa shape index (κ2) is 14.8. The minimum absolute atomic E-state index is 0.0628. The van der Waals surface area contributed by atoms with E-state index in [1.54, 1.807) is 37.4 Å². The van der Waals surface area contributed by atoms with E-state index in [0.717, 1.165) is 31.0 Å². The van der Waals surface area contributed by atoms with E-state index in [9.17, 15) is 19.6 Å². The number of hydrogen-bond donors (Lipinski definition) is 2. The molecule has 4 rings (SSSR count). The quantitative estimate of drug-likeness (QED) is 0.327. The number of carbonyl (C=O) groups is 2. The zero-order chi connectivity index (χ0) is 29.9. The highest BCUT2D eigenvalue weighted by atomic mass is 32.1. The number of rotatable bonds is 11. The molecule has 0 radical (unpaired) electrons. The van der Waals surface area contributed by atoms with Crippen LogP contribution in [0.3, 0.4) is 0 Å². The fourth-order valence-electron chi connectivity index (χ4n) is 4.50. The summed E-state index contributed by atoms with van der Waals surface area (Å²) in [4.78, 5) is 42.4. The minimum Gasteiger partial charge on any atom is -0.484 e. The Morgan fingerprint density at radius 1 is 1.12 bits per heavy atom. The number of nitrogens with one attached hydrogen (secondary N) is 2. The second-order valence-corrected chi connectivity index (χ2v) is 10.6. The van der Waals surface area contributed by atoms with Crippen molar-refractivity contribution in [3.05, 3.63) is 92.4 Å². The molecule has 2 heterocycles. The maximum Gasteiger partial charge on any atom is 0.270 e. The number of anilines is 1. The van der Waals surface area contributed by atoms with Crippen molar-refractivity contribution in [3.63, 3.8) is 0 Å². The van der Waals surface area contributed by atoms with E-state index in [-0.39, 0.29) is 34.9 Å². The van der Waals surface area contributed by atoms with Crippen molar-refractivity contribution in [2.75, 3.05) is 44.6 Å². The molecule has 2 N–H and O–H groups in total. The summed E-state index contributed by atoms with van der Waals surface area (Å²) in [7, 11) is 0. The Kier molecular flexibility index (Phi) is 10.7. The fraction of sp³-hybridized carbons (Fsp3) is 0.290. The van der Waals surface area contributed by atoms with Crippen molar-refractivity contribution in [2.45, 2.75) is 20.0 Å². The Balaban J connectivity index is 1.37. The number of piperazine rings is 1. The van der Waals surface area contributed by atoms with Crippen molar-refractivity contribution >= 4 is 40.6 Å². The van der Waals surface area contributed by atoms with Crippen LogP contribution in [0.1, 0.15) is 12.5 Å². The summed E-state index contributed by atoms with van der Waals surface area (Å²) in [5.74, 6) is -0.109. The van der Waals surface area contributed by atoms with Crippen LogP contribution in [-0.2, 0) is 22.7 Å². The van der Waals surface area contributed by atoms with Crippen molar-refractivity contribution < 1.29 is 14.3 Å². The molecule has 0 spiro atoms. The molecular weight excluding hydrogens is 552 g/mol. The Morgan fingerprint density at radius 3 is 2.57 bits per heavy atom. The highest BCUT2D eigenvalue weighted by molar-refractivity contribution is 7.07. The first kappa shape index (κ1) is 30.3. The lowest BCUT2D eigenvalue weighted by Crippen LogP contribution is -2.49. The highest BCUT2D eigenvalue weighted by Crippen LogP contribution is 2.18. The summed E-state index contributed by atoms with van der Waals surface area (Å²) in [6, 6.07) is 19.3. The van der Waals surface area contributed by atoms with E-state index in [0.29, 0.717) is 35.6 Å². The number of hydrogen-bond acceptors (Lipinski definition) is 8. The third-order valence-corrected chi connectivity index (χ3v) is 7.85. The van der Waals surface area contributed by atoms with Gasteiger partial charge in [0.15, 0.2) is 12.2 Å². The zero-order valence-electron chi connectivity index (χ0n) is 23.5. The first-order valence-electron chi connectivity index (χ1n) is 13.7. The molecule has 218 valence electrons. The average molecular weight is 587 g/mol. The SMILES string of the molecule is C=CCNC(=O)/C(C#N)=c1\s/c(=C/Nc2cccc(OCC(=O)N3CCN(Cc4ccccc4)CC3)c2)c(=O)n1CC. The molecule has 0 bridgehead atoms. The lowest BCUT2D eigenvalue weighted by molar-refractivity contribution is -0.135. The van der Waals surface area contributed by atoms with Gasteiger partial charge in [-0.2, -0.15) is 5.26 Å². The second-order valence-electron chi connectivity index (χ2n) is 9.55. The number of carbonyl (C=O) groups excluding carboxylic acids is 2. The first-order valence-corrected chi connectivity index (χ1v) is 14.5. The molecule has 2 amide bonds. The summed E-state index contributed by atoms with van der Waals surface area (Å²) in [5, 5.41) is 15.3. The number of amides is 2. The van der Waals surface area contributed by atoms with Gasteiger partial charge in [-0.3, -0.25) is 23.9 Å². The van der Waals surface area contributed by atoms with Crippen LogP contribution in [0.5, 0.6) is 5.75 Å². The average Bonchev–Trinajstić information content (AvgIpc) is 3.33. The molecule has 0 aliphatic carbocycles. The molecule has 1 fully saturated rings. The largest absolute Gasteiger partial charge is 0.484 e. The standard InChI is InChI=1S/C31H34N6O4S/c1-3-13-33-29(39)26(19-32)31-37(4-2)30(40)27(42-31)20-34-24-11-8-12-25(18-24)41-22-28(38)36-16-14-35(15-17-36)21-23-9-6-5-7-10-23/h3,5-12,18,20,34H,1,4,13-17,21-22H2,2H3,(H,33,39)/b27-20+,31-26-. The summed E-state index contributed by atoms with van der Waals surface area (Å²) in [6.07, 6.45) is 3.05. The van der Waals surface area contributed by atoms with E-state index in [4.69, 9.17) is 4.74 Å². The number of benzene rings is 2. The Hall–Kier alpha value is -4.66. The van der Waals surface area contributed by atoms with Crippen LogP contribution >= 0.6 is 11.3 Å². The van der Waals surface area contributed by atoms with E-state index >= 15 is 0 Å². The molecule has 3 aromatic rings. The Labute approximate surface area is 248 Å². The number of aromatic nitrogens is 1. The predicted octanol–water partition coefficient (Wildman–Crippen LogP) is 1.48. The fourth-order valence-corrected chi connectivity index (χ4v) is 5.59. The predicted molar refractivity (Wildman–Crippen MR) is 164 cm³/mol.